The van der Waals surface area contributed by atoms with E-state index in [0.717, 1.165) is 22.2 Å². The number of rotatable bonds is 2. The third-order valence-corrected chi connectivity index (χ3v) is 5.84. The van der Waals surface area contributed by atoms with Gasteiger partial charge in [0.05, 0.1) is 5.54 Å². The molecule has 2 heteroatoms. The van der Waals surface area contributed by atoms with E-state index in [1.807, 2.05) is 0 Å². The van der Waals surface area contributed by atoms with Gasteiger partial charge in [0.25, 0.3) is 0 Å². The fourth-order valence-electron chi connectivity index (χ4n) is 5.02. The molecule has 5 rings (SSSR count). The van der Waals surface area contributed by atoms with Crippen molar-refractivity contribution in [1.82, 2.24) is 0 Å². The van der Waals surface area contributed by atoms with Gasteiger partial charge in [0.1, 0.15) is 0 Å². The van der Waals surface area contributed by atoms with E-state index in [1.54, 1.807) is 0 Å². The van der Waals surface area contributed by atoms with Crippen LogP contribution in [-0.2, 0) is 0 Å². The standard InChI is InChI=1S/C17H20BrN/c18-16-3-1-2-12(7-16)11-19-17-8-13-4-14(9-17)6-15(5-13)10-17/h1-3,7,11,13-15H,4-6,8-10H2/b19-11+. The second-order valence-electron chi connectivity index (χ2n) is 6.96. The zero-order valence-electron chi connectivity index (χ0n) is 11.2. The Morgan fingerprint density at radius 1 is 1.05 bits per heavy atom. The lowest BCUT2D eigenvalue weighted by molar-refractivity contribution is 0.00195. The minimum Gasteiger partial charge on any atom is -0.286 e. The SMILES string of the molecule is Brc1cccc(/C=N/C23CC4CC(CC(C4)C2)C3)c1. The van der Waals surface area contributed by atoms with E-state index in [2.05, 4.69) is 46.4 Å². The molecular weight excluding hydrogens is 298 g/mol. The average molecular weight is 318 g/mol. The summed E-state index contributed by atoms with van der Waals surface area (Å²) in [5.41, 5.74) is 1.53. The van der Waals surface area contributed by atoms with Crippen molar-refractivity contribution in [2.45, 2.75) is 44.1 Å². The van der Waals surface area contributed by atoms with Crippen molar-refractivity contribution in [1.29, 1.82) is 0 Å². The summed E-state index contributed by atoms with van der Waals surface area (Å²) in [6.07, 6.45) is 10.7. The van der Waals surface area contributed by atoms with Gasteiger partial charge in [-0.1, -0.05) is 28.1 Å². The highest BCUT2D eigenvalue weighted by molar-refractivity contribution is 9.10. The molecule has 0 spiro atoms. The van der Waals surface area contributed by atoms with Crippen LogP contribution in [-0.4, -0.2) is 11.8 Å². The molecular formula is C17H20BrN. The summed E-state index contributed by atoms with van der Waals surface area (Å²) in [7, 11) is 0. The lowest BCUT2D eigenvalue weighted by Crippen LogP contribution is -2.49. The first-order chi connectivity index (χ1) is 9.21. The highest BCUT2D eigenvalue weighted by Crippen LogP contribution is 2.57. The van der Waals surface area contributed by atoms with E-state index in [-0.39, 0.29) is 0 Å². The maximum atomic E-state index is 5.08. The third-order valence-electron chi connectivity index (χ3n) is 5.34. The fourth-order valence-corrected chi connectivity index (χ4v) is 5.44. The molecule has 19 heavy (non-hydrogen) atoms. The van der Waals surface area contributed by atoms with Crippen molar-refractivity contribution in [2.75, 3.05) is 0 Å². The molecule has 0 saturated heterocycles. The second-order valence-corrected chi connectivity index (χ2v) is 7.87. The number of halogens is 1. The van der Waals surface area contributed by atoms with Gasteiger partial charge in [0, 0.05) is 10.7 Å². The number of hydrogen-bond donors (Lipinski definition) is 0. The Labute approximate surface area is 123 Å². The van der Waals surface area contributed by atoms with E-state index in [4.69, 9.17) is 4.99 Å². The molecule has 0 aliphatic heterocycles. The number of hydrogen-bond acceptors (Lipinski definition) is 1. The molecule has 0 N–H and O–H groups in total. The molecule has 0 aromatic heterocycles. The lowest BCUT2D eigenvalue weighted by atomic mass is 9.53. The maximum Gasteiger partial charge on any atom is 0.0616 e. The van der Waals surface area contributed by atoms with Crippen LogP contribution in [0.15, 0.2) is 33.7 Å². The summed E-state index contributed by atoms with van der Waals surface area (Å²) in [5, 5.41) is 0. The maximum absolute atomic E-state index is 5.08. The van der Waals surface area contributed by atoms with Gasteiger partial charge < -0.3 is 0 Å². The van der Waals surface area contributed by atoms with Crippen LogP contribution in [0.3, 0.4) is 0 Å². The zero-order chi connectivity index (χ0) is 12.9. The van der Waals surface area contributed by atoms with E-state index >= 15 is 0 Å². The molecule has 4 saturated carbocycles. The smallest absolute Gasteiger partial charge is 0.0616 e. The summed E-state index contributed by atoms with van der Waals surface area (Å²) >= 11 is 3.53. The van der Waals surface area contributed by atoms with Crippen LogP contribution < -0.4 is 0 Å². The van der Waals surface area contributed by atoms with Gasteiger partial charge in [-0.15, -0.1) is 0 Å². The van der Waals surface area contributed by atoms with E-state index in [1.165, 1.54) is 44.1 Å². The molecule has 100 valence electrons. The average Bonchev–Trinajstić information content (AvgIpc) is 2.35. The van der Waals surface area contributed by atoms with Gasteiger partial charge in [0.2, 0.25) is 0 Å². The monoisotopic (exact) mass is 317 g/mol. The summed E-state index contributed by atoms with van der Waals surface area (Å²) in [6.45, 7) is 0. The van der Waals surface area contributed by atoms with Crippen LogP contribution in [0.4, 0.5) is 0 Å². The van der Waals surface area contributed by atoms with Crippen LogP contribution >= 0.6 is 15.9 Å². The molecule has 1 aromatic carbocycles. The highest BCUT2D eigenvalue weighted by Gasteiger charge is 2.50. The predicted molar refractivity (Wildman–Crippen MR) is 82.6 cm³/mol. The highest BCUT2D eigenvalue weighted by atomic mass is 79.9. The molecule has 0 radical (unpaired) electrons. The van der Waals surface area contributed by atoms with Crippen LogP contribution in [0.2, 0.25) is 0 Å². The van der Waals surface area contributed by atoms with E-state index in [0.29, 0.717) is 5.54 Å². The van der Waals surface area contributed by atoms with Crippen molar-refractivity contribution in [3.8, 4) is 0 Å². The quantitative estimate of drug-likeness (QED) is 0.692. The van der Waals surface area contributed by atoms with Crippen LogP contribution in [0.5, 0.6) is 0 Å². The zero-order valence-corrected chi connectivity index (χ0v) is 12.8. The third kappa shape index (κ3) is 2.29. The molecule has 4 bridgehead atoms. The van der Waals surface area contributed by atoms with E-state index in [9.17, 15) is 0 Å². The first-order valence-corrected chi connectivity index (χ1v) is 8.31. The van der Waals surface area contributed by atoms with Crippen LogP contribution in [0.25, 0.3) is 0 Å². The first kappa shape index (κ1) is 12.1. The molecule has 0 heterocycles. The molecule has 0 amide bonds. The number of aliphatic imine (C=N–C) groups is 1. The van der Waals surface area contributed by atoms with Gasteiger partial charge in [-0.25, -0.2) is 0 Å². The van der Waals surface area contributed by atoms with Gasteiger partial charge in [-0.3, -0.25) is 4.99 Å². The van der Waals surface area contributed by atoms with Crippen molar-refractivity contribution in [2.24, 2.45) is 22.7 Å². The van der Waals surface area contributed by atoms with Gasteiger partial charge in [0.15, 0.2) is 0 Å². The Balaban J connectivity index is 1.59. The van der Waals surface area contributed by atoms with Gasteiger partial charge in [-0.2, -0.15) is 0 Å². The summed E-state index contributed by atoms with van der Waals surface area (Å²) in [4.78, 5) is 5.08. The number of benzene rings is 1. The molecule has 0 atom stereocenters. The summed E-state index contributed by atoms with van der Waals surface area (Å²) in [5.74, 6) is 2.93. The fraction of sp³-hybridized carbons (Fsp3) is 0.588. The largest absolute Gasteiger partial charge is 0.286 e. The lowest BCUT2D eigenvalue weighted by Gasteiger charge is -2.54. The Morgan fingerprint density at radius 3 is 2.26 bits per heavy atom. The topological polar surface area (TPSA) is 12.4 Å². The molecule has 0 unspecified atom stereocenters. The van der Waals surface area contributed by atoms with E-state index < -0.39 is 0 Å². The predicted octanol–water partition coefficient (Wildman–Crippen LogP) is 4.84. The first-order valence-electron chi connectivity index (χ1n) is 7.52. The molecule has 1 nitrogen and oxygen atoms in total. The minimum atomic E-state index is 0.303. The number of nitrogens with zero attached hydrogens (tertiary/aromatic N) is 1. The van der Waals surface area contributed by atoms with Gasteiger partial charge >= 0.3 is 0 Å². The Hall–Kier alpha value is -0.630. The van der Waals surface area contributed by atoms with Crippen molar-refractivity contribution in [3.05, 3.63) is 34.3 Å². The minimum absolute atomic E-state index is 0.303. The van der Waals surface area contributed by atoms with Crippen molar-refractivity contribution >= 4 is 22.1 Å². The Morgan fingerprint density at radius 2 is 1.68 bits per heavy atom. The molecule has 1 aromatic rings. The second kappa shape index (κ2) is 4.44. The summed E-state index contributed by atoms with van der Waals surface area (Å²) in [6, 6.07) is 8.46. The van der Waals surface area contributed by atoms with Crippen molar-refractivity contribution in [3.63, 3.8) is 0 Å². The molecule has 4 aliphatic carbocycles. The molecule has 4 fully saturated rings. The Kier molecular flexibility index (Phi) is 2.84. The van der Waals surface area contributed by atoms with Crippen molar-refractivity contribution < 1.29 is 0 Å². The normalized spacial score (nSPS) is 40.2. The van der Waals surface area contributed by atoms with Crippen LogP contribution in [0, 0.1) is 17.8 Å². The van der Waals surface area contributed by atoms with Crippen LogP contribution in [0.1, 0.15) is 44.1 Å². The van der Waals surface area contributed by atoms with Gasteiger partial charge in [-0.05, 0) is 74.0 Å². The molecule has 4 aliphatic rings. The summed E-state index contributed by atoms with van der Waals surface area (Å²) < 4.78 is 1.14. The Bertz CT molecular complexity index is 484.